The second-order valence-corrected chi connectivity index (χ2v) is 4.60. The molecule has 0 bridgehead atoms. The second kappa shape index (κ2) is 6.68. The molecular weight excluding hydrogens is 216 g/mol. The Morgan fingerprint density at radius 1 is 1.33 bits per heavy atom. The van der Waals surface area contributed by atoms with Crippen LogP contribution in [-0.2, 0) is 9.59 Å². The molecule has 1 aliphatic rings. The molecule has 6 heteroatoms. The van der Waals surface area contributed by atoms with Crippen molar-refractivity contribution in [1.29, 1.82) is 0 Å². The van der Waals surface area contributed by atoms with E-state index in [1.165, 1.54) is 0 Å². The molecule has 0 radical (unpaired) electrons. The van der Waals surface area contributed by atoms with E-state index >= 15 is 0 Å². The van der Waals surface area contributed by atoms with Crippen LogP contribution in [0.2, 0.25) is 0 Å². The second-order valence-electron chi connectivity index (χ2n) is 3.37. The van der Waals surface area contributed by atoms with E-state index in [0.717, 1.165) is 31.1 Å². The van der Waals surface area contributed by atoms with E-state index in [1.54, 1.807) is 0 Å². The minimum atomic E-state index is -1.08. The van der Waals surface area contributed by atoms with Crippen LogP contribution in [0.3, 0.4) is 0 Å². The maximum atomic E-state index is 11.0. The van der Waals surface area contributed by atoms with Crippen LogP contribution in [0.25, 0.3) is 0 Å². The van der Waals surface area contributed by atoms with Gasteiger partial charge in [-0.25, -0.2) is 0 Å². The van der Waals surface area contributed by atoms with Gasteiger partial charge in [-0.05, 0) is 0 Å². The van der Waals surface area contributed by atoms with Crippen molar-refractivity contribution in [2.75, 3.05) is 37.7 Å². The van der Waals surface area contributed by atoms with Gasteiger partial charge in [0.1, 0.15) is 6.42 Å². The van der Waals surface area contributed by atoms with Gasteiger partial charge in [-0.3, -0.25) is 14.5 Å². The lowest BCUT2D eigenvalue weighted by Gasteiger charge is -2.25. The number of amides is 1. The molecule has 5 nitrogen and oxygen atoms in total. The van der Waals surface area contributed by atoms with Crippen molar-refractivity contribution < 1.29 is 14.7 Å². The van der Waals surface area contributed by atoms with Gasteiger partial charge in [-0.1, -0.05) is 0 Å². The van der Waals surface area contributed by atoms with E-state index < -0.39 is 18.3 Å². The monoisotopic (exact) mass is 232 g/mol. The van der Waals surface area contributed by atoms with Crippen molar-refractivity contribution in [3.05, 3.63) is 0 Å². The summed E-state index contributed by atoms with van der Waals surface area (Å²) >= 11 is 1.94. The number of thioether (sulfide) groups is 1. The summed E-state index contributed by atoms with van der Waals surface area (Å²) in [7, 11) is 0. The van der Waals surface area contributed by atoms with Gasteiger partial charge in [-0.2, -0.15) is 11.8 Å². The van der Waals surface area contributed by atoms with E-state index in [4.69, 9.17) is 5.11 Å². The molecule has 1 saturated heterocycles. The molecule has 1 rings (SSSR count). The van der Waals surface area contributed by atoms with Gasteiger partial charge in [0.15, 0.2) is 0 Å². The Morgan fingerprint density at radius 2 is 2.00 bits per heavy atom. The van der Waals surface area contributed by atoms with E-state index in [0.29, 0.717) is 6.54 Å². The van der Waals surface area contributed by atoms with Gasteiger partial charge >= 0.3 is 5.97 Å². The highest BCUT2D eigenvalue weighted by atomic mass is 32.2. The molecule has 1 heterocycles. The summed E-state index contributed by atoms with van der Waals surface area (Å²) in [6, 6.07) is 0. The van der Waals surface area contributed by atoms with Crippen LogP contribution >= 0.6 is 11.8 Å². The highest BCUT2D eigenvalue weighted by Crippen LogP contribution is 2.07. The fraction of sp³-hybridized carbons (Fsp3) is 0.778. The molecule has 86 valence electrons. The first kappa shape index (κ1) is 12.3. The van der Waals surface area contributed by atoms with Crippen LogP contribution < -0.4 is 5.32 Å². The van der Waals surface area contributed by atoms with Crippen molar-refractivity contribution in [2.24, 2.45) is 0 Å². The van der Waals surface area contributed by atoms with Crippen molar-refractivity contribution in [3.8, 4) is 0 Å². The SMILES string of the molecule is O=C(O)CC(=O)NCCN1CCSCC1. The average Bonchev–Trinajstić information content (AvgIpc) is 2.18. The highest BCUT2D eigenvalue weighted by molar-refractivity contribution is 7.99. The van der Waals surface area contributed by atoms with Crippen molar-refractivity contribution >= 4 is 23.6 Å². The van der Waals surface area contributed by atoms with E-state index in [1.807, 2.05) is 11.8 Å². The molecule has 1 amide bonds. The van der Waals surface area contributed by atoms with E-state index in [9.17, 15) is 9.59 Å². The molecule has 0 saturated carbocycles. The number of aliphatic carboxylic acids is 1. The zero-order valence-electron chi connectivity index (χ0n) is 8.57. The maximum Gasteiger partial charge on any atom is 0.312 e. The quantitative estimate of drug-likeness (QED) is 0.633. The molecule has 0 aromatic heterocycles. The molecule has 0 unspecified atom stereocenters. The van der Waals surface area contributed by atoms with Gasteiger partial charge in [-0.15, -0.1) is 0 Å². The molecule has 0 aromatic carbocycles. The number of nitrogens with one attached hydrogen (secondary N) is 1. The van der Waals surface area contributed by atoms with Crippen LogP contribution in [0.5, 0.6) is 0 Å². The molecule has 15 heavy (non-hydrogen) atoms. The standard InChI is InChI=1S/C9H16N2O3S/c12-8(7-9(13)14)10-1-2-11-3-5-15-6-4-11/h1-7H2,(H,10,12)(H,13,14). The summed E-state index contributed by atoms with van der Waals surface area (Å²) in [5.41, 5.74) is 0. The van der Waals surface area contributed by atoms with E-state index in [-0.39, 0.29) is 0 Å². The fourth-order valence-electron chi connectivity index (χ4n) is 1.38. The van der Waals surface area contributed by atoms with Crippen LogP contribution in [-0.4, -0.2) is 59.6 Å². The zero-order chi connectivity index (χ0) is 11.1. The molecule has 0 aromatic rings. The molecule has 0 aliphatic carbocycles. The third-order valence-electron chi connectivity index (χ3n) is 2.17. The molecule has 0 atom stereocenters. The summed E-state index contributed by atoms with van der Waals surface area (Å²) < 4.78 is 0. The lowest BCUT2D eigenvalue weighted by atomic mass is 10.4. The number of rotatable bonds is 5. The Bertz CT molecular complexity index is 229. The first-order chi connectivity index (χ1) is 7.18. The van der Waals surface area contributed by atoms with Gasteiger partial charge in [0.2, 0.25) is 5.91 Å². The first-order valence-corrected chi connectivity index (χ1v) is 6.12. The van der Waals surface area contributed by atoms with Crippen molar-refractivity contribution in [2.45, 2.75) is 6.42 Å². The number of carboxylic acids is 1. The van der Waals surface area contributed by atoms with Gasteiger partial charge in [0.25, 0.3) is 0 Å². The largest absolute Gasteiger partial charge is 0.481 e. The molecular formula is C9H16N2O3S. The van der Waals surface area contributed by atoms with Crippen molar-refractivity contribution in [1.82, 2.24) is 10.2 Å². The number of hydrogen-bond acceptors (Lipinski definition) is 4. The first-order valence-electron chi connectivity index (χ1n) is 4.97. The minimum Gasteiger partial charge on any atom is -0.481 e. The predicted molar refractivity (Wildman–Crippen MR) is 59.0 cm³/mol. The Morgan fingerprint density at radius 3 is 2.60 bits per heavy atom. The van der Waals surface area contributed by atoms with Crippen LogP contribution in [0.15, 0.2) is 0 Å². The summed E-state index contributed by atoms with van der Waals surface area (Å²) in [4.78, 5) is 23.5. The number of carbonyl (C=O) groups excluding carboxylic acids is 1. The Balaban J connectivity index is 2.04. The number of carbonyl (C=O) groups is 2. The van der Waals surface area contributed by atoms with Gasteiger partial charge in [0.05, 0.1) is 0 Å². The fourth-order valence-corrected chi connectivity index (χ4v) is 2.36. The average molecular weight is 232 g/mol. The number of nitrogens with zero attached hydrogens (tertiary/aromatic N) is 1. The number of hydrogen-bond donors (Lipinski definition) is 2. The predicted octanol–water partition coefficient (Wildman–Crippen LogP) is -0.374. The number of carboxylic acid groups (broad SMARTS) is 1. The molecule has 2 N–H and O–H groups in total. The summed E-state index contributed by atoms with van der Waals surface area (Å²) in [6.45, 7) is 3.46. The van der Waals surface area contributed by atoms with Crippen LogP contribution in [0.4, 0.5) is 0 Å². The lowest BCUT2D eigenvalue weighted by Crippen LogP contribution is -2.39. The van der Waals surface area contributed by atoms with E-state index in [2.05, 4.69) is 10.2 Å². The summed E-state index contributed by atoms with van der Waals surface area (Å²) in [5.74, 6) is 0.794. The summed E-state index contributed by atoms with van der Waals surface area (Å²) in [5, 5.41) is 11.0. The van der Waals surface area contributed by atoms with Crippen molar-refractivity contribution in [3.63, 3.8) is 0 Å². The normalized spacial score (nSPS) is 17.3. The Labute approximate surface area is 93.2 Å². The van der Waals surface area contributed by atoms with Gasteiger partial charge in [0, 0.05) is 37.7 Å². The molecule has 0 spiro atoms. The van der Waals surface area contributed by atoms with Crippen LogP contribution in [0, 0.1) is 0 Å². The van der Waals surface area contributed by atoms with Crippen LogP contribution in [0.1, 0.15) is 6.42 Å². The minimum absolute atomic E-state index is 0.408. The smallest absolute Gasteiger partial charge is 0.312 e. The third kappa shape index (κ3) is 5.64. The highest BCUT2D eigenvalue weighted by Gasteiger charge is 2.11. The maximum absolute atomic E-state index is 11.0. The third-order valence-corrected chi connectivity index (χ3v) is 3.11. The molecule has 1 fully saturated rings. The summed E-state index contributed by atoms with van der Waals surface area (Å²) in [6.07, 6.45) is -0.435. The topological polar surface area (TPSA) is 69.6 Å². The molecule has 1 aliphatic heterocycles. The Kier molecular flexibility index (Phi) is 5.49. The van der Waals surface area contributed by atoms with Gasteiger partial charge < -0.3 is 10.4 Å². The zero-order valence-corrected chi connectivity index (χ0v) is 9.39. The lowest BCUT2D eigenvalue weighted by molar-refractivity contribution is -0.140. The Hall–Kier alpha value is -0.750.